The van der Waals surface area contributed by atoms with E-state index in [1.165, 1.54) is 0 Å². The van der Waals surface area contributed by atoms with Crippen molar-refractivity contribution in [3.63, 3.8) is 0 Å². The van der Waals surface area contributed by atoms with Gasteiger partial charge in [0.25, 0.3) is 0 Å². The number of aromatic amines is 1. The summed E-state index contributed by atoms with van der Waals surface area (Å²) in [6.45, 7) is 4.74. The molecule has 1 N–H and O–H groups in total. The number of rotatable bonds is 8. The first kappa shape index (κ1) is 20.9. The van der Waals surface area contributed by atoms with Gasteiger partial charge in [-0.25, -0.2) is 4.79 Å². The van der Waals surface area contributed by atoms with Crippen molar-refractivity contribution >= 4 is 11.8 Å². The third kappa shape index (κ3) is 4.29. The van der Waals surface area contributed by atoms with Gasteiger partial charge in [0, 0.05) is 35.8 Å². The molecule has 1 aromatic heterocycles. The number of fused-ring (bicyclic) bond motifs is 1. The lowest BCUT2D eigenvalue weighted by molar-refractivity contribution is 0.0329. The van der Waals surface area contributed by atoms with Crippen molar-refractivity contribution in [3.05, 3.63) is 46.3 Å². The molecule has 0 spiro atoms. The van der Waals surface area contributed by atoms with Crippen molar-refractivity contribution in [1.29, 1.82) is 0 Å². The minimum absolute atomic E-state index is 0.00300. The van der Waals surface area contributed by atoms with Gasteiger partial charge in [-0.05, 0) is 44.0 Å². The van der Waals surface area contributed by atoms with E-state index in [-0.39, 0.29) is 18.3 Å². The van der Waals surface area contributed by atoms with Crippen molar-refractivity contribution in [2.75, 3.05) is 34.0 Å². The molecule has 29 heavy (non-hydrogen) atoms. The zero-order chi connectivity index (χ0) is 21.0. The number of Topliss-reactive ketones (excluding diaryl/α,β-unsaturated/α-hetero) is 1. The van der Waals surface area contributed by atoms with Crippen LogP contribution in [0.2, 0.25) is 0 Å². The number of benzene rings is 1. The Morgan fingerprint density at radius 2 is 1.97 bits per heavy atom. The topological polar surface area (TPSA) is 86.9 Å². The lowest BCUT2D eigenvalue weighted by atomic mass is 9.81. The molecule has 0 radical (unpaired) electrons. The molecule has 0 amide bonds. The van der Waals surface area contributed by atoms with E-state index in [0.717, 1.165) is 11.3 Å². The molecular weight excluding hydrogens is 374 g/mol. The molecule has 1 atom stereocenters. The molecule has 0 saturated heterocycles. The Kier molecular flexibility index (Phi) is 6.59. The predicted octanol–water partition coefficient (Wildman–Crippen LogP) is 3.45. The summed E-state index contributed by atoms with van der Waals surface area (Å²) < 4.78 is 21.3. The SMILES string of the molecule is CCOCCOC(=O)c1[nH]c2c(c1C)C(=O)C[C@H](c1cc(OC)ccc1OC)C2. The summed E-state index contributed by atoms with van der Waals surface area (Å²) in [6.07, 6.45) is 0.936. The second-order valence-corrected chi connectivity index (χ2v) is 6.95. The quantitative estimate of drug-likeness (QED) is 0.539. The summed E-state index contributed by atoms with van der Waals surface area (Å²) in [5, 5.41) is 0. The molecule has 1 aliphatic carbocycles. The van der Waals surface area contributed by atoms with Crippen LogP contribution < -0.4 is 9.47 Å². The molecule has 1 heterocycles. The molecule has 3 rings (SSSR count). The van der Waals surface area contributed by atoms with E-state index < -0.39 is 5.97 Å². The summed E-state index contributed by atoms with van der Waals surface area (Å²) in [5.41, 5.74) is 3.24. The molecule has 0 fully saturated rings. The third-order valence-electron chi connectivity index (χ3n) is 5.23. The van der Waals surface area contributed by atoms with E-state index >= 15 is 0 Å². The summed E-state index contributed by atoms with van der Waals surface area (Å²) in [5.74, 6) is 0.884. The van der Waals surface area contributed by atoms with Gasteiger partial charge >= 0.3 is 5.97 Å². The highest BCUT2D eigenvalue weighted by molar-refractivity contribution is 6.03. The number of hydrogen-bond acceptors (Lipinski definition) is 6. The second kappa shape index (κ2) is 9.13. The first-order valence-electron chi connectivity index (χ1n) is 9.71. The fourth-order valence-corrected chi connectivity index (χ4v) is 3.83. The van der Waals surface area contributed by atoms with Crippen LogP contribution in [0.5, 0.6) is 11.5 Å². The first-order chi connectivity index (χ1) is 14.0. The number of aromatic nitrogens is 1. The summed E-state index contributed by atoms with van der Waals surface area (Å²) in [4.78, 5) is 28.5. The standard InChI is InChI=1S/C22H27NO6/c1-5-28-8-9-29-22(25)21-13(2)20-17(23-21)10-14(11-18(20)24)16-12-15(26-3)6-7-19(16)27-4/h6-7,12,14,23H,5,8-11H2,1-4H3/t14-/m1/s1. The van der Waals surface area contributed by atoms with Crippen LogP contribution in [0.3, 0.4) is 0 Å². The van der Waals surface area contributed by atoms with Crippen molar-refractivity contribution in [2.24, 2.45) is 0 Å². The van der Waals surface area contributed by atoms with Crippen LogP contribution in [0.4, 0.5) is 0 Å². The maximum atomic E-state index is 12.9. The van der Waals surface area contributed by atoms with E-state index in [1.807, 2.05) is 25.1 Å². The Labute approximate surface area is 170 Å². The van der Waals surface area contributed by atoms with Crippen molar-refractivity contribution in [1.82, 2.24) is 4.98 Å². The number of hydrogen-bond donors (Lipinski definition) is 1. The van der Waals surface area contributed by atoms with Crippen LogP contribution in [-0.2, 0) is 15.9 Å². The lowest BCUT2D eigenvalue weighted by Gasteiger charge is -2.24. The van der Waals surface area contributed by atoms with Crippen LogP contribution in [0, 0.1) is 6.92 Å². The molecule has 156 valence electrons. The average Bonchev–Trinajstić information content (AvgIpc) is 3.07. The number of carbonyl (C=O) groups excluding carboxylic acids is 2. The second-order valence-electron chi connectivity index (χ2n) is 6.95. The molecule has 7 heteroatoms. The number of H-pyrrole nitrogens is 1. The van der Waals surface area contributed by atoms with Crippen molar-refractivity contribution in [2.45, 2.75) is 32.6 Å². The number of ketones is 1. The Balaban J connectivity index is 1.85. The van der Waals surface area contributed by atoms with E-state index in [9.17, 15) is 9.59 Å². The monoisotopic (exact) mass is 401 g/mol. The Hall–Kier alpha value is -2.80. The van der Waals surface area contributed by atoms with E-state index in [0.29, 0.717) is 54.4 Å². The van der Waals surface area contributed by atoms with Crippen LogP contribution in [0.25, 0.3) is 0 Å². The predicted molar refractivity (Wildman–Crippen MR) is 107 cm³/mol. The minimum atomic E-state index is -0.472. The highest BCUT2D eigenvalue weighted by atomic mass is 16.6. The number of nitrogens with one attached hydrogen (secondary N) is 1. The van der Waals surface area contributed by atoms with E-state index in [2.05, 4.69) is 4.98 Å². The zero-order valence-corrected chi connectivity index (χ0v) is 17.3. The van der Waals surface area contributed by atoms with Crippen LogP contribution in [0.1, 0.15) is 56.9 Å². The van der Waals surface area contributed by atoms with Gasteiger partial charge in [-0.2, -0.15) is 0 Å². The molecule has 7 nitrogen and oxygen atoms in total. The van der Waals surface area contributed by atoms with Gasteiger partial charge in [0.05, 0.1) is 20.8 Å². The summed E-state index contributed by atoms with van der Waals surface area (Å²) in [6, 6.07) is 5.57. The van der Waals surface area contributed by atoms with Gasteiger partial charge in [-0.1, -0.05) is 0 Å². The maximum absolute atomic E-state index is 12.9. The largest absolute Gasteiger partial charge is 0.497 e. The molecule has 0 unspecified atom stereocenters. The van der Waals surface area contributed by atoms with Crippen molar-refractivity contribution < 1.29 is 28.5 Å². The molecular formula is C22H27NO6. The van der Waals surface area contributed by atoms with Gasteiger partial charge in [0.2, 0.25) is 0 Å². The average molecular weight is 401 g/mol. The fourth-order valence-electron chi connectivity index (χ4n) is 3.83. The number of ether oxygens (including phenoxy) is 4. The molecule has 1 aromatic carbocycles. The third-order valence-corrected chi connectivity index (χ3v) is 5.23. The van der Waals surface area contributed by atoms with Gasteiger partial charge in [0.15, 0.2) is 5.78 Å². The van der Waals surface area contributed by atoms with Gasteiger partial charge < -0.3 is 23.9 Å². The van der Waals surface area contributed by atoms with E-state index in [4.69, 9.17) is 18.9 Å². The highest BCUT2D eigenvalue weighted by Gasteiger charge is 2.33. The molecule has 2 aromatic rings. The number of carbonyl (C=O) groups is 2. The lowest BCUT2D eigenvalue weighted by Crippen LogP contribution is -2.19. The number of methoxy groups -OCH3 is 2. The summed E-state index contributed by atoms with van der Waals surface area (Å²) >= 11 is 0. The maximum Gasteiger partial charge on any atom is 0.355 e. The molecule has 0 bridgehead atoms. The van der Waals surface area contributed by atoms with Crippen molar-refractivity contribution in [3.8, 4) is 11.5 Å². The van der Waals surface area contributed by atoms with Gasteiger partial charge in [-0.3, -0.25) is 4.79 Å². The van der Waals surface area contributed by atoms with E-state index in [1.54, 1.807) is 21.1 Å². The Morgan fingerprint density at radius 1 is 1.17 bits per heavy atom. The van der Waals surface area contributed by atoms with Gasteiger partial charge in [-0.15, -0.1) is 0 Å². The first-order valence-corrected chi connectivity index (χ1v) is 9.71. The Morgan fingerprint density at radius 3 is 2.66 bits per heavy atom. The molecule has 1 aliphatic rings. The highest BCUT2D eigenvalue weighted by Crippen LogP contribution is 2.40. The van der Waals surface area contributed by atoms with Crippen LogP contribution in [-0.4, -0.2) is 50.8 Å². The van der Waals surface area contributed by atoms with Crippen LogP contribution >= 0.6 is 0 Å². The zero-order valence-electron chi connectivity index (χ0n) is 17.3. The Bertz CT molecular complexity index is 901. The molecule has 0 saturated carbocycles. The normalized spacial score (nSPS) is 15.7. The minimum Gasteiger partial charge on any atom is -0.497 e. The fraction of sp³-hybridized carbons (Fsp3) is 0.455. The smallest absolute Gasteiger partial charge is 0.355 e. The number of esters is 1. The van der Waals surface area contributed by atoms with Crippen LogP contribution in [0.15, 0.2) is 18.2 Å². The summed E-state index contributed by atoms with van der Waals surface area (Å²) in [7, 11) is 3.21. The molecule has 0 aliphatic heterocycles. The van der Waals surface area contributed by atoms with Gasteiger partial charge in [0.1, 0.15) is 23.8 Å².